The zero-order chi connectivity index (χ0) is 20.9. The summed E-state index contributed by atoms with van der Waals surface area (Å²) in [4.78, 5) is 6.48. The molecule has 6 nitrogen and oxygen atoms in total. The lowest BCUT2D eigenvalue weighted by molar-refractivity contribution is 0.468. The molecule has 1 unspecified atom stereocenters. The first-order valence-corrected chi connectivity index (χ1v) is 11.4. The van der Waals surface area contributed by atoms with Crippen LogP contribution >= 0.6 is 0 Å². The summed E-state index contributed by atoms with van der Waals surface area (Å²) in [6.45, 7) is 9.09. The fourth-order valence-corrected chi connectivity index (χ4v) is 4.27. The van der Waals surface area contributed by atoms with Gasteiger partial charge in [-0.15, -0.1) is 0 Å². The molecule has 1 aliphatic heterocycles. The van der Waals surface area contributed by atoms with Crippen LogP contribution in [0.25, 0.3) is 0 Å². The number of sulfone groups is 1. The fraction of sp³-hybridized carbons (Fsp3) is 0.650. The Bertz CT molecular complexity index is 803. The number of halogens is 1. The van der Waals surface area contributed by atoms with Gasteiger partial charge in [-0.2, -0.15) is 0 Å². The lowest BCUT2D eigenvalue weighted by atomic mass is 10.0. The lowest BCUT2D eigenvalue weighted by Gasteiger charge is -2.36. The van der Waals surface area contributed by atoms with E-state index in [0.29, 0.717) is 12.5 Å². The third-order valence-electron chi connectivity index (χ3n) is 5.08. The molecule has 1 fully saturated rings. The maximum absolute atomic E-state index is 13.4. The Hall–Kier alpha value is -1.83. The van der Waals surface area contributed by atoms with Crippen LogP contribution in [-0.4, -0.2) is 57.6 Å². The van der Waals surface area contributed by atoms with Crippen LogP contribution in [0.3, 0.4) is 0 Å². The minimum atomic E-state index is -3.17. The Balaban J connectivity index is 1.92. The summed E-state index contributed by atoms with van der Waals surface area (Å²) in [7, 11) is -1.49. The number of hydrogen-bond donors (Lipinski definition) is 2. The Morgan fingerprint density at radius 2 is 2.07 bits per heavy atom. The number of rotatable bonds is 5. The Morgan fingerprint density at radius 1 is 1.36 bits per heavy atom. The van der Waals surface area contributed by atoms with Crippen LogP contribution in [0.15, 0.2) is 23.2 Å². The second kappa shape index (κ2) is 9.11. The first-order valence-electron chi connectivity index (χ1n) is 9.74. The van der Waals surface area contributed by atoms with Crippen molar-refractivity contribution < 1.29 is 12.8 Å². The van der Waals surface area contributed by atoms with Crippen LogP contribution in [0, 0.1) is 12.7 Å². The monoisotopic (exact) mass is 412 g/mol. The van der Waals surface area contributed by atoms with Gasteiger partial charge in [-0.25, -0.2) is 12.8 Å². The van der Waals surface area contributed by atoms with E-state index < -0.39 is 14.6 Å². The van der Waals surface area contributed by atoms with Gasteiger partial charge in [0.25, 0.3) is 0 Å². The Kier molecular flexibility index (Phi) is 7.31. The summed E-state index contributed by atoms with van der Waals surface area (Å²) in [6, 6.07) is 5.07. The highest BCUT2D eigenvalue weighted by Gasteiger charge is 2.28. The van der Waals surface area contributed by atoms with Gasteiger partial charge in [-0.1, -0.05) is 0 Å². The van der Waals surface area contributed by atoms with E-state index in [4.69, 9.17) is 0 Å². The van der Waals surface area contributed by atoms with E-state index in [1.165, 1.54) is 6.07 Å². The standard InChI is InChI=1S/C20H33FN4O2S/c1-15-13-16(21)8-9-18(15)25-11-6-7-17(14-25)24-19(22-5)23-10-12-28(26,27)20(2,3)4/h8-9,13,17H,6-7,10-12,14H2,1-5H3,(H2,22,23,24). The number of piperidine rings is 1. The number of aliphatic imine (C=N–C) groups is 1. The quantitative estimate of drug-likeness (QED) is 0.574. The second-order valence-electron chi connectivity index (χ2n) is 8.29. The minimum absolute atomic E-state index is 0.0583. The summed E-state index contributed by atoms with van der Waals surface area (Å²) in [6.07, 6.45) is 2.02. The predicted molar refractivity (Wildman–Crippen MR) is 114 cm³/mol. The summed E-state index contributed by atoms with van der Waals surface area (Å²) in [5.41, 5.74) is 1.97. The third-order valence-corrected chi connectivity index (χ3v) is 7.69. The zero-order valence-electron chi connectivity index (χ0n) is 17.5. The van der Waals surface area contributed by atoms with Crippen molar-refractivity contribution in [2.45, 2.75) is 51.3 Å². The SMILES string of the molecule is CN=C(NCCS(=O)(=O)C(C)(C)C)NC1CCCN(c2ccc(F)cc2C)C1. The molecule has 0 radical (unpaired) electrons. The average molecular weight is 413 g/mol. The molecular weight excluding hydrogens is 379 g/mol. The van der Waals surface area contributed by atoms with E-state index in [1.807, 2.05) is 13.0 Å². The van der Waals surface area contributed by atoms with Gasteiger partial charge in [0.15, 0.2) is 15.8 Å². The lowest BCUT2D eigenvalue weighted by Crippen LogP contribution is -2.52. The van der Waals surface area contributed by atoms with Gasteiger partial charge >= 0.3 is 0 Å². The number of hydrogen-bond acceptors (Lipinski definition) is 4. The molecule has 1 atom stereocenters. The van der Waals surface area contributed by atoms with Crippen molar-refractivity contribution in [1.29, 1.82) is 0 Å². The van der Waals surface area contributed by atoms with E-state index in [-0.39, 0.29) is 17.6 Å². The molecule has 2 rings (SSSR count). The normalized spacial score (nSPS) is 18.9. The predicted octanol–water partition coefficient (Wildman–Crippen LogP) is 2.48. The second-order valence-corrected chi connectivity index (χ2v) is 11.2. The van der Waals surface area contributed by atoms with E-state index >= 15 is 0 Å². The van der Waals surface area contributed by atoms with Crippen LogP contribution in [-0.2, 0) is 9.84 Å². The topological polar surface area (TPSA) is 73.8 Å². The van der Waals surface area contributed by atoms with Crippen LogP contribution in [0.2, 0.25) is 0 Å². The highest BCUT2D eigenvalue weighted by molar-refractivity contribution is 7.92. The van der Waals surface area contributed by atoms with Gasteiger partial charge in [0.2, 0.25) is 0 Å². The molecule has 8 heteroatoms. The smallest absolute Gasteiger partial charge is 0.191 e. The molecule has 0 saturated carbocycles. The van der Waals surface area contributed by atoms with Gasteiger partial charge in [-0.05, 0) is 64.3 Å². The highest BCUT2D eigenvalue weighted by Crippen LogP contribution is 2.24. The average Bonchev–Trinajstić information content (AvgIpc) is 2.60. The molecule has 28 heavy (non-hydrogen) atoms. The molecular formula is C20H33FN4O2S. The molecule has 0 amide bonds. The zero-order valence-corrected chi connectivity index (χ0v) is 18.4. The van der Waals surface area contributed by atoms with Gasteiger partial charge in [0.05, 0.1) is 10.5 Å². The molecule has 0 aromatic heterocycles. The molecule has 1 aromatic carbocycles. The molecule has 0 spiro atoms. The minimum Gasteiger partial charge on any atom is -0.369 e. The van der Waals surface area contributed by atoms with Crippen molar-refractivity contribution in [3.05, 3.63) is 29.6 Å². The van der Waals surface area contributed by atoms with Crippen molar-refractivity contribution in [3.63, 3.8) is 0 Å². The molecule has 1 aromatic rings. The fourth-order valence-electron chi connectivity index (χ4n) is 3.29. The van der Waals surface area contributed by atoms with Gasteiger partial charge in [-0.3, -0.25) is 4.99 Å². The molecule has 0 bridgehead atoms. The van der Waals surface area contributed by atoms with E-state index in [9.17, 15) is 12.8 Å². The Labute approximate surface area is 168 Å². The molecule has 1 saturated heterocycles. The van der Waals surface area contributed by atoms with Crippen molar-refractivity contribution in [2.24, 2.45) is 4.99 Å². The van der Waals surface area contributed by atoms with Crippen molar-refractivity contribution in [2.75, 3.05) is 37.3 Å². The first-order chi connectivity index (χ1) is 13.0. The molecule has 158 valence electrons. The van der Waals surface area contributed by atoms with Crippen LogP contribution < -0.4 is 15.5 Å². The van der Waals surface area contributed by atoms with Crippen LogP contribution in [0.5, 0.6) is 0 Å². The molecule has 1 heterocycles. The summed E-state index contributed by atoms with van der Waals surface area (Å²) >= 11 is 0. The number of anilines is 1. The summed E-state index contributed by atoms with van der Waals surface area (Å²) < 4.78 is 37.1. The number of nitrogens with one attached hydrogen (secondary N) is 2. The summed E-state index contributed by atoms with van der Waals surface area (Å²) in [5, 5.41) is 6.50. The maximum atomic E-state index is 13.4. The van der Waals surface area contributed by atoms with E-state index in [1.54, 1.807) is 33.9 Å². The highest BCUT2D eigenvalue weighted by atomic mass is 32.2. The van der Waals surface area contributed by atoms with E-state index in [2.05, 4.69) is 20.5 Å². The van der Waals surface area contributed by atoms with Gasteiger partial charge in [0, 0.05) is 38.4 Å². The van der Waals surface area contributed by atoms with Crippen molar-refractivity contribution >= 4 is 21.5 Å². The Morgan fingerprint density at radius 3 is 2.68 bits per heavy atom. The number of aryl methyl sites for hydroxylation is 1. The number of guanidine groups is 1. The van der Waals surface area contributed by atoms with Crippen molar-refractivity contribution in [3.8, 4) is 0 Å². The maximum Gasteiger partial charge on any atom is 0.191 e. The largest absolute Gasteiger partial charge is 0.369 e. The van der Waals surface area contributed by atoms with Gasteiger partial charge < -0.3 is 15.5 Å². The molecule has 2 N–H and O–H groups in total. The van der Waals surface area contributed by atoms with E-state index in [0.717, 1.165) is 37.2 Å². The third kappa shape index (κ3) is 5.83. The van der Waals surface area contributed by atoms with Gasteiger partial charge in [0.1, 0.15) is 5.82 Å². The van der Waals surface area contributed by atoms with Crippen LogP contribution in [0.1, 0.15) is 39.2 Å². The summed E-state index contributed by atoms with van der Waals surface area (Å²) in [5.74, 6) is 0.442. The van der Waals surface area contributed by atoms with Crippen molar-refractivity contribution in [1.82, 2.24) is 10.6 Å². The number of nitrogens with zero attached hydrogens (tertiary/aromatic N) is 2. The number of benzene rings is 1. The first kappa shape index (κ1) is 22.5. The molecule has 0 aliphatic carbocycles. The molecule has 1 aliphatic rings. The van der Waals surface area contributed by atoms with Crippen LogP contribution in [0.4, 0.5) is 10.1 Å².